The molecule has 0 aromatic rings. The summed E-state index contributed by atoms with van der Waals surface area (Å²) >= 11 is 0. The summed E-state index contributed by atoms with van der Waals surface area (Å²) in [6, 6.07) is 0. The fourth-order valence-electron chi connectivity index (χ4n) is 1.03. The van der Waals surface area contributed by atoms with Gasteiger partial charge in [0.15, 0.2) is 0 Å². The molecule has 0 bridgehead atoms. The maximum Gasteiger partial charge on any atom is -0.0316 e. The summed E-state index contributed by atoms with van der Waals surface area (Å²) in [6.07, 6.45) is 12.7. The molecule has 0 aliphatic carbocycles. The van der Waals surface area contributed by atoms with E-state index >= 15 is 0 Å². The highest BCUT2D eigenvalue weighted by Crippen LogP contribution is 2.09. The third-order valence-electron chi connectivity index (χ3n) is 2.23. The van der Waals surface area contributed by atoms with E-state index in [2.05, 4.69) is 32.6 Å². The van der Waals surface area contributed by atoms with Gasteiger partial charge < -0.3 is 0 Å². The van der Waals surface area contributed by atoms with Crippen molar-refractivity contribution in [1.29, 1.82) is 0 Å². The Bertz CT molecular complexity index is 122. The first-order valence-corrected chi connectivity index (χ1v) is 5.07. The maximum absolute atomic E-state index is 3.69. The average molecular weight is 166 g/mol. The molecule has 0 saturated carbocycles. The molecule has 0 heterocycles. The summed E-state index contributed by atoms with van der Waals surface area (Å²) in [5, 5.41) is 0. The minimum atomic E-state index is 0.883. The molecule has 1 unspecified atom stereocenters. The van der Waals surface area contributed by atoms with Crippen LogP contribution in [0.3, 0.4) is 0 Å². The molecule has 0 amide bonds. The molecule has 0 aromatic carbocycles. The van der Waals surface area contributed by atoms with Gasteiger partial charge in [0.2, 0.25) is 0 Å². The van der Waals surface area contributed by atoms with Crippen molar-refractivity contribution in [1.82, 2.24) is 0 Å². The Balaban J connectivity index is 3.17. The van der Waals surface area contributed by atoms with Crippen molar-refractivity contribution < 1.29 is 0 Å². The van der Waals surface area contributed by atoms with Gasteiger partial charge in [0.25, 0.3) is 0 Å². The predicted octanol–water partition coefficient (Wildman–Crippen LogP) is 4.34. The summed E-state index contributed by atoms with van der Waals surface area (Å²) in [6.45, 7) is 8.26. The normalized spacial score (nSPS) is 13.5. The number of hydrogen-bond donors (Lipinski definition) is 0. The van der Waals surface area contributed by atoms with Crippen molar-refractivity contribution in [3.8, 4) is 0 Å². The number of hydrogen-bond acceptors (Lipinski definition) is 0. The van der Waals surface area contributed by atoms with Gasteiger partial charge in [-0.05, 0) is 31.6 Å². The van der Waals surface area contributed by atoms with Gasteiger partial charge in [-0.25, -0.2) is 0 Å². The fourth-order valence-corrected chi connectivity index (χ4v) is 1.03. The van der Waals surface area contributed by atoms with Crippen LogP contribution in [0.1, 0.15) is 46.0 Å². The zero-order valence-corrected chi connectivity index (χ0v) is 8.55. The van der Waals surface area contributed by atoms with Crippen molar-refractivity contribution in [2.24, 2.45) is 5.92 Å². The van der Waals surface area contributed by atoms with Crippen LogP contribution in [0.5, 0.6) is 0 Å². The summed E-state index contributed by atoms with van der Waals surface area (Å²) < 4.78 is 0. The van der Waals surface area contributed by atoms with Crippen LogP contribution in [-0.2, 0) is 0 Å². The van der Waals surface area contributed by atoms with Gasteiger partial charge in [-0.3, -0.25) is 0 Å². The largest absolute Gasteiger partial charge is 0.103 e. The second kappa shape index (κ2) is 8.58. The Morgan fingerprint density at radius 3 is 2.42 bits per heavy atom. The standard InChI is InChI=1S/C12H22/c1-4-6-7-8-9-10-11-12(3)5-2/h4,8-9,12H,1,5-7,10-11H2,2-3H3/b9-8+. The van der Waals surface area contributed by atoms with E-state index in [1.165, 1.54) is 19.3 Å². The molecule has 0 aliphatic heterocycles. The van der Waals surface area contributed by atoms with E-state index in [0.29, 0.717) is 0 Å². The SMILES string of the molecule is C=CCC/C=C/CCC(C)CC. The predicted molar refractivity (Wildman–Crippen MR) is 57.3 cm³/mol. The molecule has 12 heavy (non-hydrogen) atoms. The first kappa shape index (κ1) is 11.5. The number of rotatable bonds is 7. The second-order valence-electron chi connectivity index (χ2n) is 3.43. The number of unbranched alkanes of at least 4 members (excludes halogenated alkanes) is 1. The smallest absolute Gasteiger partial charge is 0.0316 e. The highest BCUT2D eigenvalue weighted by atomic mass is 14.0. The van der Waals surface area contributed by atoms with E-state index in [1.54, 1.807) is 0 Å². The van der Waals surface area contributed by atoms with Crippen LogP contribution in [0.4, 0.5) is 0 Å². The minimum Gasteiger partial charge on any atom is -0.103 e. The fraction of sp³-hybridized carbons (Fsp3) is 0.667. The van der Waals surface area contributed by atoms with E-state index in [-0.39, 0.29) is 0 Å². The molecule has 0 rings (SSSR count). The highest BCUT2D eigenvalue weighted by Gasteiger charge is 1.94. The Kier molecular flexibility index (Phi) is 8.20. The molecule has 0 spiro atoms. The van der Waals surface area contributed by atoms with Gasteiger partial charge in [-0.15, -0.1) is 6.58 Å². The molecule has 0 heteroatoms. The zero-order chi connectivity index (χ0) is 9.23. The lowest BCUT2D eigenvalue weighted by Gasteiger charge is -2.03. The van der Waals surface area contributed by atoms with E-state index in [4.69, 9.17) is 0 Å². The van der Waals surface area contributed by atoms with Crippen LogP contribution in [0.25, 0.3) is 0 Å². The van der Waals surface area contributed by atoms with E-state index in [0.717, 1.165) is 18.8 Å². The summed E-state index contributed by atoms with van der Waals surface area (Å²) in [5.74, 6) is 0.883. The molecule has 0 nitrogen and oxygen atoms in total. The minimum absolute atomic E-state index is 0.883. The second-order valence-corrected chi connectivity index (χ2v) is 3.43. The van der Waals surface area contributed by atoms with E-state index in [1.807, 2.05) is 6.08 Å². The Hall–Kier alpha value is -0.520. The third kappa shape index (κ3) is 7.59. The number of allylic oxidation sites excluding steroid dienone is 3. The maximum atomic E-state index is 3.69. The Labute approximate surface area is 77.4 Å². The van der Waals surface area contributed by atoms with Crippen molar-refractivity contribution in [2.75, 3.05) is 0 Å². The summed E-state index contributed by atoms with van der Waals surface area (Å²) in [5.41, 5.74) is 0. The highest BCUT2D eigenvalue weighted by molar-refractivity contribution is 4.84. The van der Waals surface area contributed by atoms with Gasteiger partial charge in [-0.1, -0.05) is 38.5 Å². The summed E-state index contributed by atoms with van der Waals surface area (Å²) in [7, 11) is 0. The summed E-state index contributed by atoms with van der Waals surface area (Å²) in [4.78, 5) is 0. The van der Waals surface area contributed by atoms with E-state index in [9.17, 15) is 0 Å². The molecule has 0 aromatic heterocycles. The van der Waals surface area contributed by atoms with Crippen molar-refractivity contribution in [3.05, 3.63) is 24.8 Å². The van der Waals surface area contributed by atoms with Crippen LogP contribution in [0.15, 0.2) is 24.8 Å². The monoisotopic (exact) mass is 166 g/mol. The lowest BCUT2D eigenvalue weighted by Crippen LogP contribution is -1.89. The van der Waals surface area contributed by atoms with Crippen molar-refractivity contribution in [2.45, 2.75) is 46.0 Å². The van der Waals surface area contributed by atoms with Crippen molar-refractivity contribution >= 4 is 0 Å². The van der Waals surface area contributed by atoms with Gasteiger partial charge in [-0.2, -0.15) is 0 Å². The van der Waals surface area contributed by atoms with Gasteiger partial charge >= 0.3 is 0 Å². The lowest BCUT2D eigenvalue weighted by atomic mass is 10.0. The average Bonchev–Trinajstić information content (AvgIpc) is 2.10. The zero-order valence-electron chi connectivity index (χ0n) is 8.55. The molecule has 0 radical (unpaired) electrons. The van der Waals surface area contributed by atoms with Crippen LogP contribution in [0, 0.1) is 5.92 Å². The molecule has 1 atom stereocenters. The van der Waals surface area contributed by atoms with Crippen LogP contribution in [-0.4, -0.2) is 0 Å². The first-order chi connectivity index (χ1) is 5.81. The van der Waals surface area contributed by atoms with Gasteiger partial charge in [0, 0.05) is 0 Å². The molecule has 70 valence electrons. The Morgan fingerprint density at radius 2 is 1.83 bits per heavy atom. The van der Waals surface area contributed by atoms with Crippen LogP contribution >= 0.6 is 0 Å². The van der Waals surface area contributed by atoms with Crippen LogP contribution in [0.2, 0.25) is 0 Å². The van der Waals surface area contributed by atoms with Gasteiger partial charge in [0.1, 0.15) is 0 Å². The molecule has 0 N–H and O–H groups in total. The quantitative estimate of drug-likeness (QED) is 0.390. The topological polar surface area (TPSA) is 0 Å². The third-order valence-corrected chi connectivity index (χ3v) is 2.23. The molecule has 0 fully saturated rings. The van der Waals surface area contributed by atoms with Gasteiger partial charge in [0.05, 0.1) is 0 Å². The molecular weight excluding hydrogens is 144 g/mol. The Morgan fingerprint density at radius 1 is 1.17 bits per heavy atom. The molecule has 0 saturated heterocycles. The first-order valence-electron chi connectivity index (χ1n) is 5.07. The van der Waals surface area contributed by atoms with Crippen LogP contribution < -0.4 is 0 Å². The van der Waals surface area contributed by atoms with Crippen molar-refractivity contribution in [3.63, 3.8) is 0 Å². The lowest BCUT2D eigenvalue weighted by molar-refractivity contribution is 0.521. The van der Waals surface area contributed by atoms with E-state index < -0.39 is 0 Å². The molecular formula is C12H22. The molecule has 0 aliphatic rings.